The fraction of sp³-hybridized carbons (Fsp3) is 0.136. The monoisotopic (exact) mass is 421 g/mol. The zero-order valence-corrected chi connectivity index (χ0v) is 17.4. The summed E-state index contributed by atoms with van der Waals surface area (Å²) in [4.78, 5) is 21.8. The van der Waals surface area contributed by atoms with Crippen molar-refractivity contribution in [2.24, 2.45) is 0 Å². The molecule has 1 N–H and O–H groups in total. The Morgan fingerprint density at radius 3 is 2.57 bits per heavy atom. The van der Waals surface area contributed by atoms with Gasteiger partial charge in [-0.15, -0.1) is 11.3 Å². The lowest BCUT2D eigenvalue weighted by atomic mass is 10.1. The summed E-state index contributed by atoms with van der Waals surface area (Å²) in [6, 6.07) is 12.9. The number of nitrogens with one attached hydrogen (secondary N) is 1. The van der Waals surface area contributed by atoms with Crippen molar-refractivity contribution in [2.75, 3.05) is 26.6 Å². The normalized spacial score (nSPS) is 10.6. The van der Waals surface area contributed by atoms with E-state index in [0.29, 0.717) is 28.6 Å². The van der Waals surface area contributed by atoms with E-state index in [-0.39, 0.29) is 0 Å². The van der Waals surface area contributed by atoms with Gasteiger partial charge in [0.15, 0.2) is 11.5 Å². The summed E-state index contributed by atoms with van der Waals surface area (Å²) < 4.78 is 15.7. The van der Waals surface area contributed by atoms with Crippen LogP contribution in [0.1, 0.15) is 10.4 Å². The first kappa shape index (κ1) is 19.7. The van der Waals surface area contributed by atoms with Crippen LogP contribution in [0.25, 0.3) is 21.3 Å². The number of fused-ring (bicyclic) bond motifs is 1. The first-order chi connectivity index (χ1) is 14.7. The van der Waals surface area contributed by atoms with Crippen molar-refractivity contribution < 1.29 is 19.0 Å². The van der Waals surface area contributed by atoms with E-state index in [2.05, 4.69) is 15.3 Å². The molecule has 0 aliphatic rings. The Morgan fingerprint density at radius 2 is 1.80 bits per heavy atom. The molecule has 7 nitrogen and oxygen atoms in total. The molecule has 0 saturated carbocycles. The number of anilines is 2. The molecule has 30 heavy (non-hydrogen) atoms. The van der Waals surface area contributed by atoms with Crippen molar-refractivity contribution in [2.45, 2.75) is 0 Å². The highest BCUT2D eigenvalue weighted by molar-refractivity contribution is 7.17. The van der Waals surface area contributed by atoms with E-state index in [1.165, 1.54) is 24.8 Å². The van der Waals surface area contributed by atoms with Gasteiger partial charge in [0, 0.05) is 10.9 Å². The van der Waals surface area contributed by atoms with Crippen LogP contribution in [-0.2, 0) is 4.74 Å². The van der Waals surface area contributed by atoms with Gasteiger partial charge in [-0.1, -0.05) is 18.2 Å². The van der Waals surface area contributed by atoms with Crippen molar-refractivity contribution in [1.29, 1.82) is 0 Å². The first-order valence-corrected chi connectivity index (χ1v) is 9.93. The van der Waals surface area contributed by atoms with Gasteiger partial charge in [0.1, 0.15) is 17.0 Å². The first-order valence-electron chi connectivity index (χ1n) is 9.05. The standard InChI is InChI=1S/C22H19N3O4S/c1-27-17-9-8-13(10-18(17)28-2)15-11-30-21-19(15)20(23-12-24-21)25-16-7-5-4-6-14(16)22(26)29-3/h4-12H,1-3H3,(H,23,24,25). The Bertz CT molecular complexity index is 1220. The summed E-state index contributed by atoms with van der Waals surface area (Å²) >= 11 is 1.52. The van der Waals surface area contributed by atoms with Crippen molar-refractivity contribution in [3.8, 4) is 22.6 Å². The summed E-state index contributed by atoms with van der Waals surface area (Å²) in [5.74, 6) is 1.47. The largest absolute Gasteiger partial charge is 0.493 e. The molecule has 0 bridgehead atoms. The van der Waals surface area contributed by atoms with Crippen LogP contribution in [0.5, 0.6) is 11.5 Å². The second-order valence-corrected chi connectivity index (χ2v) is 7.14. The molecular weight excluding hydrogens is 402 g/mol. The minimum absolute atomic E-state index is 0.422. The highest BCUT2D eigenvalue weighted by atomic mass is 32.1. The molecule has 2 aromatic heterocycles. The maximum atomic E-state index is 12.1. The summed E-state index contributed by atoms with van der Waals surface area (Å²) in [5.41, 5.74) is 2.93. The van der Waals surface area contributed by atoms with E-state index in [4.69, 9.17) is 14.2 Å². The van der Waals surface area contributed by atoms with Crippen LogP contribution in [0.3, 0.4) is 0 Å². The Balaban J connectivity index is 1.83. The molecule has 0 aliphatic heterocycles. The second-order valence-electron chi connectivity index (χ2n) is 6.28. The molecule has 0 radical (unpaired) electrons. The van der Waals surface area contributed by atoms with Crippen LogP contribution in [0.2, 0.25) is 0 Å². The molecule has 4 rings (SSSR count). The topological polar surface area (TPSA) is 82.6 Å². The Kier molecular flexibility index (Phi) is 5.49. The third kappa shape index (κ3) is 3.53. The van der Waals surface area contributed by atoms with Gasteiger partial charge in [-0.2, -0.15) is 0 Å². The molecule has 0 aliphatic carbocycles. The van der Waals surface area contributed by atoms with Crippen LogP contribution in [0.15, 0.2) is 54.2 Å². The minimum Gasteiger partial charge on any atom is -0.493 e. The van der Waals surface area contributed by atoms with Crippen molar-refractivity contribution in [3.05, 3.63) is 59.7 Å². The molecule has 4 aromatic rings. The van der Waals surface area contributed by atoms with Crippen LogP contribution < -0.4 is 14.8 Å². The number of esters is 1. The van der Waals surface area contributed by atoms with E-state index in [9.17, 15) is 4.79 Å². The molecule has 2 aromatic carbocycles. The van der Waals surface area contributed by atoms with Gasteiger partial charge in [-0.25, -0.2) is 14.8 Å². The number of carbonyl (C=O) groups is 1. The van der Waals surface area contributed by atoms with Crippen molar-refractivity contribution in [3.63, 3.8) is 0 Å². The molecule has 0 amide bonds. The van der Waals surface area contributed by atoms with Crippen molar-refractivity contribution >= 4 is 39.0 Å². The average molecular weight is 421 g/mol. The van der Waals surface area contributed by atoms with Gasteiger partial charge in [-0.05, 0) is 29.8 Å². The third-order valence-corrected chi connectivity index (χ3v) is 5.54. The number of methoxy groups -OCH3 is 3. The Labute approximate surface area is 177 Å². The number of carbonyl (C=O) groups excluding carboxylic acids is 1. The molecule has 2 heterocycles. The van der Waals surface area contributed by atoms with Gasteiger partial charge in [0.2, 0.25) is 0 Å². The lowest BCUT2D eigenvalue weighted by Crippen LogP contribution is -2.06. The summed E-state index contributed by atoms with van der Waals surface area (Å²) in [6.07, 6.45) is 1.50. The average Bonchev–Trinajstić information content (AvgIpc) is 3.23. The summed E-state index contributed by atoms with van der Waals surface area (Å²) in [6.45, 7) is 0. The number of nitrogens with zero attached hydrogens (tertiary/aromatic N) is 2. The van der Waals surface area contributed by atoms with Gasteiger partial charge in [-0.3, -0.25) is 0 Å². The number of benzene rings is 2. The number of ether oxygens (including phenoxy) is 3. The van der Waals surface area contributed by atoms with E-state index in [0.717, 1.165) is 21.3 Å². The molecule has 0 fully saturated rings. The van der Waals surface area contributed by atoms with Crippen LogP contribution in [0.4, 0.5) is 11.5 Å². The van der Waals surface area contributed by atoms with E-state index in [1.54, 1.807) is 26.4 Å². The predicted octanol–water partition coefficient (Wildman–Crippen LogP) is 4.91. The quantitative estimate of drug-likeness (QED) is 0.443. The number of hydrogen-bond donors (Lipinski definition) is 1. The van der Waals surface area contributed by atoms with Gasteiger partial charge < -0.3 is 19.5 Å². The molecule has 0 unspecified atom stereocenters. The molecule has 8 heteroatoms. The smallest absolute Gasteiger partial charge is 0.339 e. The maximum Gasteiger partial charge on any atom is 0.339 e. The summed E-state index contributed by atoms with van der Waals surface area (Å²) in [5, 5.41) is 6.16. The molecule has 0 spiro atoms. The third-order valence-electron chi connectivity index (χ3n) is 4.65. The highest BCUT2D eigenvalue weighted by Gasteiger charge is 2.17. The molecule has 152 valence electrons. The number of rotatable bonds is 6. The lowest BCUT2D eigenvalue weighted by molar-refractivity contribution is 0.0602. The van der Waals surface area contributed by atoms with E-state index < -0.39 is 5.97 Å². The molecular formula is C22H19N3O4S. The fourth-order valence-electron chi connectivity index (χ4n) is 3.19. The van der Waals surface area contributed by atoms with E-state index >= 15 is 0 Å². The zero-order chi connectivity index (χ0) is 21.1. The van der Waals surface area contributed by atoms with Crippen LogP contribution in [0, 0.1) is 0 Å². The molecule has 0 saturated heterocycles. The highest BCUT2D eigenvalue weighted by Crippen LogP contribution is 2.40. The van der Waals surface area contributed by atoms with Crippen LogP contribution >= 0.6 is 11.3 Å². The lowest BCUT2D eigenvalue weighted by Gasteiger charge is -2.12. The maximum absolute atomic E-state index is 12.1. The number of thiophene rings is 1. The predicted molar refractivity (Wildman–Crippen MR) is 117 cm³/mol. The Hall–Kier alpha value is -3.65. The van der Waals surface area contributed by atoms with E-state index in [1.807, 2.05) is 35.7 Å². The molecule has 0 atom stereocenters. The number of hydrogen-bond acceptors (Lipinski definition) is 8. The fourth-order valence-corrected chi connectivity index (χ4v) is 4.11. The van der Waals surface area contributed by atoms with Crippen LogP contribution in [-0.4, -0.2) is 37.3 Å². The summed E-state index contributed by atoms with van der Waals surface area (Å²) in [7, 11) is 4.56. The second kappa shape index (κ2) is 8.38. The van der Waals surface area contributed by atoms with Crippen molar-refractivity contribution in [1.82, 2.24) is 9.97 Å². The van der Waals surface area contributed by atoms with Gasteiger partial charge in [0.25, 0.3) is 0 Å². The Morgan fingerprint density at radius 1 is 1.00 bits per heavy atom. The minimum atomic E-state index is -0.422. The zero-order valence-electron chi connectivity index (χ0n) is 16.6. The van der Waals surface area contributed by atoms with Gasteiger partial charge in [0.05, 0.1) is 38.0 Å². The number of aromatic nitrogens is 2. The number of para-hydroxylation sites is 1. The van der Waals surface area contributed by atoms with Gasteiger partial charge >= 0.3 is 5.97 Å². The SMILES string of the molecule is COC(=O)c1ccccc1Nc1ncnc2scc(-c3ccc(OC)c(OC)c3)c12.